The van der Waals surface area contributed by atoms with Gasteiger partial charge in [0.1, 0.15) is 6.04 Å². The van der Waals surface area contributed by atoms with Gasteiger partial charge in [-0.15, -0.1) is 0 Å². The first-order valence-corrected chi connectivity index (χ1v) is 7.82. The van der Waals surface area contributed by atoms with E-state index in [4.69, 9.17) is 5.73 Å². The normalized spacial score (nSPS) is 21.3. The molecule has 1 aliphatic heterocycles. The molecule has 0 aromatic rings. The summed E-state index contributed by atoms with van der Waals surface area (Å²) in [6, 6.07) is -0.625. The summed E-state index contributed by atoms with van der Waals surface area (Å²) >= 11 is 0. The molecule has 1 rings (SSSR count). The molecule has 1 heterocycles. The fraction of sp³-hybridized carbons (Fsp3) is 0.867. The van der Waals surface area contributed by atoms with Gasteiger partial charge >= 0.3 is 5.97 Å². The van der Waals surface area contributed by atoms with Gasteiger partial charge in [-0.1, -0.05) is 26.2 Å². The maximum absolute atomic E-state index is 12.3. The Morgan fingerprint density at radius 2 is 2.05 bits per heavy atom. The van der Waals surface area contributed by atoms with Crippen LogP contribution >= 0.6 is 0 Å². The van der Waals surface area contributed by atoms with Crippen molar-refractivity contribution in [2.75, 3.05) is 13.1 Å². The Kier molecular flexibility index (Phi) is 7.59. The van der Waals surface area contributed by atoms with Crippen molar-refractivity contribution >= 4 is 11.9 Å². The largest absolute Gasteiger partial charge is 0.480 e. The van der Waals surface area contributed by atoms with E-state index in [2.05, 4.69) is 6.92 Å². The Labute approximate surface area is 121 Å². The molecular formula is C15H28N2O3. The van der Waals surface area contributed by atoms with Gasteiger partial charge in [-0.05, 0) is 38.1 Å². The highest BCUT2D eigenvalue weighted by Crippen LogP contribution is 2.21. The van der Waals surface area contributed by atoms with Gasteiger partial charge in [-0.3, -0.25) is 4.79 Å². The van der Waals surface area contributed by atoms with E-state index >= 15 is 0 Å². The number of hydrogen-bond donors (Lipinski definition) is 2. The third kappa shape index (κ3) is 5.12. The van der Waals surface area contributed by atoms with Gasteiger partial charge in [0.25, 0.3) is 0 Å². The van der Waals surface area contributed by atoms with E-state index in [9.17, 15) is 14.7 Å². The van der Waals surface area contributed by atoms with Crippen molar-refractivity contribution in [1.82, 2.24) is 4.90 Å². The smallest absolute Gasteiger partial charge is 0.326 e. The lowest BCUT2D eigenvalue weighted by Crippen LogP contribution is -2.44. The fourth-order valence-electron chi connectivity index (χ4n) is 2.92. The van der Waals surface area contributed by atoms with E-state index in [0.29, 0.717) is 31.8 Å². The number of carboxylic acids is 1. The predicted molar refractivity (Wildman–Crippen MR) is 78.3 cm³/mol. The van der Waals surface area contributed by atoms with Crippen molar-refractivity contribution in [2.45, 2.75) is 64.3 Å². The van der Waals surface area contributed by atoms with Crippen LogP contribution in [-0.2, 0) is 9.59 Å². The number of likely N-dealkylation sites (tertiary alicyclic amines) is 1. The maximum atomic E-state index is 12.3. The molecule has 0 saturated carbocycles. The highest BCUT2D eigenvalue weighted by molar-refractivity contribution is 5.83. The number of hydrogen-bond acceptors (Lipinski definition) is 3. The standard InChI is InChI=1S/C15H28N2O3/c1-2-12(9-10-16)7-8-14(18)17-11-5-3-4-6-13(17)15(19)20/h12-13H,2-11,16H2,1H3,(H,19,20). The summed E-state index contributed by atoms with van der Waals surface area (Å²) in [5.74, 6) is -0.400. The average Bonchev–Trinajstić information content (AvgIpc) is 2.68. The lowest BCUT2D eigenvalue weighted by Gasteiger charge is -2.27. The van der Waals surface area contributed by atoms with Gasteiger partial charge in [0, 0.05) is 13.0 Å². The van der Waals surface area contributed by atoms with Gasteiger partial charge < -0.3 is 15.7 Å². The number of carboxylic acid groups (broad SMARTS) is 1. The fourth-order valence-corrected chi connectivity index (χ4v) is 2.92. The van der Waals surface area contributed by atoms with Crippen molar-refractivity contribution in [1.29, 1.82) is 0 Å². The Morgan fingerprint density at radius 1 is 1.30 bits per heavy atom. The minimum absolute atomic E-state index is 0.00484. The van der Waals surface area contributed by atoms with Crippen LogP contribution in [0.15, 0.2) is 0 Å². The molecule has 0 spiro atoms. The minimum Gasteiger partial charge on any atom is -0.480 e. The second-order valence-corrected chi connectivity index (χ2v) is 5.68. The molecule has 0 aromatic carbocycles. The SMILES string of the molecule is CCC(CCN)CCC(=O)N1CCCCCC1C(=O)O. The zero-order valence-electron chi connectivity index (χ0n) is 12.5. The lowest BCUT2D eigenvalue weighted by atomic mass is 9.96. The monoisotopic (exact) mass is 284 g/mol. The number of rotatable bonds is 7. The molecule has 0 aromatic heterocycles. The van der Waals surface area contributed by atoms with Crippen LogP contribution in [0.1, 0.15) is 58.3 Å². The van der Waals surface area contributed by atoms with Gasteiger partial charge in [0.2, 0.25) is 5.91 Å². The predicted octanol–water partition coefficient (Wildman–Crippen LogP) is 2.00. The van der Waals surface area contributed by atoms with Crippen LogP contribution in [0.4, 0.5) is 0 Å². The summed E-state index contributed by atoms with van der Waals surface area (Å²) in [7, 11) is 0. The molecule has 116 valence electrons. The van der Waals surface area contributed by atoms with E-state index in [1.165, 1.54) is 0 Å². The first-order chi connectivity index (χ1) is 9.60. The summed E-state index contributed by atoms with van der Waals surface area (Å²) in [4.78, 5) is 25.2. The second-order valence-electron chi connectivity index (χ2n) is 5.68. The minimum atomic E-state index is -0.866. The Bertz CT molecular complexity index is 320. The molecule has 2 atom stereocenters. The third-order valence-corrected chi connectivity index (χ3v) is 4.28. The van der Waals surface area contributed by atoms with Crippen molar-refractivity contribution in [3.05, 3.63) is 0 Å². The molecule has 0 bridgehead atoms. The summed E-state index contributed by atoms with van der Waals surface area (Å²) < 4.78 is 0. The number of nitrogens with zero attached hydrogens (tertiary/aromatic N) is 1. The van der Waals surface area contributed by atoms with E-state index in [1.54, 1.807) is 4.90 Å². The zero-order chi connectivity index (χ0) is 15.0. The van der Waals surface area contributed by atoms with E-state index in [-0.39, 0.29) is 5.91 Å². The Hall–Kier alpha value is -1.10. The first kappa shape index (κ1) is 17.0. The lowest BCUT2D eigenvalue weighted by molar-refractivity contribution is -0.150. The van der Waals surface area contributed by atoms with Crippen molar-refractivity contribution in [2.24, 2.45) is 11.7 Å². The number of nitrogens with two attached hydrogens (primary N) is 1. The van der Waals surface area contributed by atoms with Crippen LogP contribution in [0.2, 0.25) is 0 Å². The highest BCUT2D eigenvalue weighted by Gasteiger charge is 2.30. The van der Waals surface area contributed by atoms with Crippen molar-refractivity contribution in [3.8, 4) is 0 Å². The molecule has 5 nitrogen and oxygen atoms in total. The van der Waals surface area contributed by atoms with Gasteiger partial charge in [-0.25, -0.2) is 4.79 Å². The second kappa shape index (κ2) is 8.95. The van der Waals surface area contributed by atoms with E-state index in [0.717, 1.165) is 38.5 Å². The quantitative estimate of drug-likeness (QED) is 0.749. The molecule has 0 radical (unpaired) electrons. The van der Waals surface area contributed by atoms with Crippen molar-refractivity contribution in [3.63, 3.8) is 0 Å². The Morgan fingerprint density at radius 3 is 2.65 bits per heavy atom. The highest BCUT2D eigenvalue weighted by atomic mass is 16.4. The van der Waals surface area contributed by atoms with Gasteiger partial charge in [0.05, 0.1) is 0 Å². The topological polar surface area (TPSA) is 83.6 Å². The van der Waals surface area contributed by atoms with Crippen LogP contribution in [-0.4, -0.2) is 41.0 Å². The molecule has 0 aliphatic carbocycles. The van der Waals surface area contributed by atoms with E-state index < -0.39 is 12.0 Å². The molecule has 2 unspecified atom stereocenters. The van der Waals surface area contributed by atoms with Crippen LogP contribution < -0.4 is 5.73 Å². The molecule has 1 saturated heterocycles. The molecule has 3 N–H and O–H groups in total. The third-order valence-electron chi connectivity index (χ3n) is 4.28. The summed E-state index contributed by atoms with van der Waals surface area (Å²) in [6.45, 7) is 3.34. The zero-order valence-corrected chi connectivity index (χ0v) is 12.5. The molecular weight excluding hydrogens is 256 g/mol. The molecule has 5 heteroatoms. The number of carbonyl (C=O) groups excluding carboxylic acids is 1. The number of carbonyl (C=O) groups is 2. The molecule has 1 aliphatic rings. The summed E-state index contributed by atoms with van der Waals surface area (Å²) in [5, 5.41) is 9.28. The van der Waals surface area contributed by atoms with Crippen LogP contribution in [0.5, 0.6) is 0 Å². The molecule has 20 heavy (non-hydrogen) atoms. The van der Waals surface area contributed by atoms with Crippen LogP contribution in [0.3, 0.4) is 0 Å². The van der Waals surface area contributed by atoms with E-state index in [1.807, 2.05) is 0 Å². The van der Waals surface area contributed by atoms with Crippen LogP contribution in [0, 0.1) is 5.92 Å². The molecule has 1 amide bonds. The number of amides is 1. The Balaban J connectivity index is 2.55. The van der Waals surface area contributed by atoms with Crippen molar-refractivity contribution < 1.29 is 14.7 Å². The first-order valence-electron chi connectivity index (χ1n) is 7.82. The maximum Gasteiger partial charge on any atom is 0.326 e. The van der Waals surface area contributed by atoms with Gasteiger partial charge in [0.15, 0.2) is 0 Å². The van der Waals surface area contributed by atoms with Crippen LogP contribution in [0.25, 0.3) is 0 Å². The number of aliphatic carboxylic acids is 1. The van der Waals surface area contributed by atoms with Gasteiger partial charge in [-0.2, -0.15) is 0 Å². The average molecular weight is 284 g/mol. The molecule has 1 fully saturated rings. The summed E-state index contributed by atoms with van der Waals surface area (Å²) in [6.07, 6.45) is 6.62. The summed E-state index contributed by atoms with van der Waals surface area (Å²) in [5.41, 5.74) is 5.56.